The summed E-state index contributed by atoms with van der Waals surface area (Å²) in [5.74, 6) is -0.245. The molecule has 1 aromatic carbocycles. The molecule has 3 N–H and O–H groups in total. The van der Waals surface area contributed by atoms with Gasteiger partial charge in [0.05, 0.1) is 12.2 Å². The molecule has 0 radical (unpaired) electrons. The molecule has 0 aliphatic heterocycles. The Balaban J connectivity index is 0.00000123. The number of amides is 1. The second-order valence-electron chi connectivity index (χ2n) is 5.21. The van der Waals surface area contributed by atoms with Crippen molar-refractivity contribution >= 4 is 34.2 Å². The lowest BCUT2D eigenvalue weighted by Crippen LogP contribution is -2.21. The van der Waals surface area contributed by atoms with Crippen molar-refractivity contribution in [3.63, 3.8) is 0 Å². The molecule has 0 aliphatic carbocycles. The van der Waals surface area contributed by atoms with E-state index >= 15 is 0 Å². The lowest BCUT2D eigenvalue weighted by Gasteiger charge is -2.04. The number of nitrogens with one attached hydrogen (secondary N) is 1. The van der Waals surface area contributed by atoms with Crippen LogP contribution in [0, 0.1) is 0 Å². The van der Waals surface area contributed by atoms with Gasteiger partial charge in [0.25, 0.3) is 0 Å². The van der Waals surface area contributed by atoms with Crippen LogP contribution in [-0.4, -0.2) is 30.7 Å². The van der Waals surface area contributed by atoms with Crippen LogP contribution in [0.5, 0.6) is 0 Å². The molecule has 2 aromatic rings. The number of carbonyl (C=O) groups excluding carboxylic acids is 1. The largest absolute Gasteiger partial charge is 0.322 e. The van der Waals surface area contributed by atoms with Crippen molar-refractivity contribution in [2.75, 3.05) is 18.9 Å². The van der Waals surface area contributed by atoms with Gasteiger partial charge in [-0.15, -0.1) is 11.3 Å². The molecule has 0 saturated carbocycles. The van der Waals surface area contributed by atoms with Gasteiger partial charge >= 0.3 is 0 Å². The molecule has 0 spiro atoms. The zero-order valence-corrected chi connectivity index (χ0v) is 18.1. The van der Waals surface area contributed by atoms with E-state index in [1.54, 1.807) is 7.05 Å². The molecule has 0 unspecified atom stereocenters. The Labute approximate surface area is 167 Å². The van der Waals surface area contributed by atoms with Crippen LogP contribution in [0.1, 0.15) is 46.6 Å². The number of anilines is 1. The molecule has 5 nitrogen and oxygen atoms in total. The molecule has 1 amide bonds. The lowest BCUT2D eigenvalue weighted by atomic mass is 10.0. The normalized spacial score (nSPS) is 10.6. The molecule has 0 aliphatic rings. The Morgan fingerprint density at radius 1 is 1.33 bits per heavy atom. The van der Waals surface area contributed by atoms with E-state index in [2.05, 4.69) is 35.2 Å². The molecule has 6 heteroatoms. The van der Waals surface area contributed by atoms with Crippen molar-refractivity contribution in [3.05, 3.63) is 41.3 Å². The SMILES string of the molecule is C/C=C(\C=NC)c1cccc(-c2csc(NC(=O)CN)n2)c1.CC.CCC. The number of hydrogen-bond donors (Lipinski definition) is 2. The Hall–Kier alpha value is -2.31. The van der Waals surface area contributed by atoms with E-state index in [1.807, 2.05) is 56.6 Å². The first-order valence-electron chi connectivity index (χ1n) is 9.24. The summed E-state index contributed by atoms with van der Waals surface area (Å²) in [6.45, 7) is 10.2. The van der Waals surface area contributed by atoms with E-state index in [4.69, 9.17) is 5.73 Å². The molecule has 0 bridgehead atoms. The fraction of sp³-hybridized carbons (Fsp3) is 0.381. The monoisotopic (exact) mass is 388 g/mol. The molecule has 0 saturated heterocycles. The minimum atomic E-state index is -0.245. The second kappa shape index (κ2) is 14.8. The van der Waals surface area contributed by atoms with E-state index in [1.165, 1.54) is 17.8 Å². The highest BCUT2D eigenvalue weighted by molar-refractivity contribution is 7.14. The maximum absolute atomic E-state index is 11.3. The van der Waals surface area contributed by atoms with Gasteiger partial charge in [-0.25, -0.2) is 4.98 Å². The Morgan fingerprint density at radius 2 is 2.00 bits per heavy atom. The number of carbonyl (C=O) groups is 1. The van der Waals surface area contributed by atoms with Crippen LogP contribution in [0.15, 0.2) is 40.7 Å². The van der Waals surface area contributed by atoms with Crippen LogP contribution in [0.3, 0.4) is 0 Å². The average molecular weight is 389 g/mol. The van der Waals surface area contributed by atoms with E-state index in [0.29, 0.717) is 5.13 Å². The highest BCUT2D eigenvalue weighted by atomic mass is 32.1. The number of allylic oxidation sites excluding steroid dienone is 2. The van der Waals surface area contributed by atoms with Crippen molar-refractivity contribution in [1.82, 2.24) is 4.98 Å². The van der Waals surface area contributed by atoms with E-state index < -0.39 is 0 Å². The summed E-state index contributed by atoms with van der Waals surface area (Å²) in [6, 6.07) is 8.06. The van der Waals surface area contributed by atoms with Gasteiger partial charge in [0.15, 0.2) is 5.13 Å². The van der Waals surface area contributed by atoms with Crippen LogP contribution >= 0.6 is 11.3 Å². The van der Waals surface area contributed by atoms with Gasteiger partial charge in [-0.05, 0) is 24.1 Å². The standard InChI is InChI=1S/C16H18N4OS.C3H8.C2H6/c1-3-11(9-18-2)12-5-4-6-13(7-12)14-10-22-16(19-14)20-15(21)8-17;1-3-2;1-2/h3-7,9-10H,8,17H2,1-2H3,(H,19,20,21);3H2,1-2H3;1-2H3/b11-3+,18-9?;;. The zero-order valence-electron chi connectivity index (χ0n) is 17.2. The molecule has 0 fully saturated rings. The third-order valence-electron chi connectivity index (χ3n) is 3.01. The minimum absolute atomic E-state index is 0.0502. The van der Waals surface area contributed by atoms with Gasteiger partial charge in [-0.2, -0.15) is 0 Å². The van der Waals surface area contributed by atoms with Crippen molar-refractivity contribution in [1.29, 1.82) is 0 Å². The van der Waals surface area contributed by atoms with Crippen LogP contribution in [0.4, 0.5) is 5.13 Å². The third kappa shape index (κ3) is 8.75. The Kier molecular flexibility index (Phi) is 13.5. The second-order valence-corrected chi connectivity index (χ2v) is 6.07. The number of rotatable bonds is 5. The predicted octanol–water partition coefficient (Wildman–Crippen LogP) is 5.25. The molecule has 1 aromatic heterocycles. The first kappa shape index (κ1) is 24.7. The molecular formula is C21H32N4OS. The summed E-state index contributed by atoms with van der Waals surface area (Å²) in [4.78, 5) is 19.8. The number of thiazole rings is 1. The van der Waals surface area contributed by atoms with Gasteiger partial charge in [-0.1, -0.05) is 58.4 Å². The minimum Gasteiger partial charge on any atom is -0.322 e. The van der Waals surface area contributed by atoms with E-state index in [-0.39, 0.29) is 12.5 Å². The van der Waals surface area contributed by atoms with Crippen LogP contribution in [0.2, 0.25) is 0 Å². The Morgan fingerprint density at radius 3 is 2.56 bits per heavy atom. The summed E-state index contributed by atoms with van der Waals surface area (Å²) in [5, 5.41) is 5.13. The Bertz CT molecular complexity index is 735. The van der Waals surface area contributed by atoms with Crippen LogP contribution in [-0.2, 0) is 4.79 Å². The van der Waals surface area contributed by atoms with Crippen LogP contribution < -0.4 is 11.1 Å². The topological polar surface area (TPSA) is 80.4 Å². The van der Waals surface area contributed by atoms with Crippen molar-refractivity contribution in [2.24, 2.45) is 10.7 Å². The summed E-state index contributed by atoms with van der Waals surface area (Å²) in [5.41, 5.74) is 9.22. The van der Waals surface area contributed by atoms with Gasteiger partial charge in [-0.3, -0.25) is 9.79 Å². The first-order valence-corrected chi connectivity index (χ1v) is 10.1. The smallest absolute Gasteiger partial charge is 0.239 e. The molecule has 2 rings (SSSR count). The molecule has 1 heterocycles. The zero-order chi connectivity index (χ0) is 20.7. The number of aliphatic imine (C=N–C) groups is 1. The average Bonchev–Trinajstić information content (AvgIpc) is 3.16. The predicted molar refractivity (Wildman–Crippen MR) is 121 cm³/mol. The fourth-order valence-electron chi connectivity index (χ4n) is 1.95. The number of hydrogen-bond acceptors (Lipinski definition) is 5. The number of nitrogens with two attached hydrogens (primary N) is 1. The fourth-order valence-corrected chi connectivity index (χ4v) is 2.68. The summed E-state index contributed by atoms with van der Waals surface area (Å²) >= 11 is 1.38. The highest BCUT2D eigenvalue weighted by Gasteiger charge is 2.08. The van der Waals surface area contributed by atoms with E-state index in [9.17, 15) is 4.79 Å². The van der Waals surface area contributed by atoms with Gasteiger partial charge in [0.1, 0.15) is 0 Å². The summed E-state index contributed by atoms with van der Waals surface area (Å²) < 4.78 is 0. The number of benzene rings is 1. The van der Waals surface area contributed by atoms with Crippen LogP contribution in [0.25, 0.3) is 16.8 Å². The molecule has 148 valence electrons. The van der Waals surface area contributed by atoms with Gasteiger partial charge in [0, 0.05) is 24.2 Å². The summed E-state index contributed by atoms with van der Waals surface area (Å²) in [7, 11) is 1.75. The summed E-state index contributed by atoms with van der Waals surface area (Å²) in [6.07, 6.45) is 5.09. The third-order valence-corrected chi connectivity index (χ3v) is 3.76. The van der Waals surface area contributed by atoms with E-state index in [0.717, 1.165) is 22.4 Å². The maximum atomic E-state index is 11.3. The molecule has 27 heavy (non-hydrogen) atoms. The van der Waals surface area contributed by atoms with Crippen molar-refractivity contribution < 1.29 is 4.79 Å². The van der Waals surface area contributed by atoms with Gasteiger partial charge < -0.3 is 11.1 Å². The molecule has 0 atom stereocenters. The van der Waals surface area contributed by atoms with Crippen molar-refractivity contribution in [3.8, 4) is 11.3 Å². The highest BCUT2D eigenvalue weighted by Crippen LogP contribution is 2.27. The van der Waals surface area contributed by atoms with Crippen molar-refractivity contribution in [2.45, 2.75) is 41.0 Å². The lowest BCUT2D eigenvalue weighted by molar-refractivity contribution is -0.114. The quantitative estimate of drug-likeness (QED) is 0.686. The molecular weight excluding hydrogens is 356 g/mol. The number of aromatic nitrogens is 1. The maximum Gasteiger partial charge on any atom is 0.239 e. The van der Waals surface area contributed by atoms with Gasteiger partial charge in [0.2, 0.25) is 5.91 Å². The first-order chi connectivity index (χ1) is 13.1. The number of nitrogens with zero attached hydrogens (tertiary/aromatic N) is 2.